The maximum Gasteiger partial charge on any atom is 0.338 e. The Kier molecular flexibility index (Phi) is 6.82. The largest absolute Gasteiger partial charge is 0.462 e. The van der Waals surface area contributed by atoms with Crippen LogP contribution in [-0.4, -0.2) is 64.0 Å². The summed E-state index contributed by atoms with van der Waals surface area (Å²) in [4.78, 5) is 38.3. The lowest BCUT2D eigenvalue weighted by molar-refractivity contribution is 0.0526. The standard InChI is InChI=1S/C23H26N6O4/c1-2-33-22(31)16-5-8-18(9-6-16)25-23(32)24-11-14-29-20-10-7-17(15-19(20)26-27-29)21(30)28-12-3-4-13-28/h5-10,15H,2-4,11-14H2,1H3,(H2,24,25,32). The molecule has 0 bridgehead atoms. The van der Waals surface area contributed by atoms with Crippen molar-refractivity contribution >= 4 is 34.6 Å². The summed E-state index contributed by atoms with van der Waals surface area (Å²) in [5, 5.41) is 13.8. The molecule has 2 aromatic carbocycles. The van der Waals surface area contributed by atoms with Gasteiger partial charge < -0.3 is 20.3 Å². The molecule has 2 heterocycles. The van der Waals surface area contributed by atoms with Gasteiger partial charge in [0.05, 0.1) is 24.2 Å². The number of ether oxygens (including phenoxy) is 1. The number of nitrogens with zero attached hydrogens (tertiary/aromatic N) is 4. The molecule has 0 radical (unpaired) electrons. The number of hydrogen-bond acceptors (Lipinski definition) is 6. The number of urea groups is 1. The van der Waals surface area contributed by atoms with Crippen molar-refractivity contribution in [2.75, 3.05) is 31.6 Å². The number of rotatable bonds is 7. The molecule has 10 heteroatoms. The Morgan fingerprint density at radius 1 is 1.03 bits per heavy atom. The molecule has 33 heavy (non-hydrogen) atoms. The lowest BCUT2D eigenvalue weighted by Gasteiger charge is -2.14. The van der Waals surface area contributed by atoms with E-state index in [9.17, 15) is 14.4 Å². The van der Waals surface area contributed by atoms with E-state index in [1.165, 1.54) is 0 Å². The number of nitrogens with one attached hydrogen (secondary N) is 2. The number of carbonyl (C=O) groups is 3. The van der Waals surface area contributed by atoms with Gasteiger partial charge in [-0.15, -0.1) is 5.10 Å². The van der Waals surface area contributed by atoms with Crippen molar-refractivity contribution in [1.82, 2.24) is 25.2 Å². The summed E-state index contributed by atoms with van der Waals surface area (Å²) in [7, 11) is 0. The maximum absolute atomic E-state index is 12.6. The van der Waals surface area contributed by atoms with Gasteiger partial charge in [-0.3, -0.25) is 4.79 Å². The highest BCUT2D eigenvalue weighted by Crippen LogP contribution is 2.17. The number of carbonyl (C=O) groups excluding carboxylic acids is 3. The molecular formula is C23H26N6O4. The summed E-state index contributed by atoms with van der Waals surface area (Å²) in [6, 6.07) is 11.5. The lowest BCUT2D eigenvalue weighted by Crippen LogP contribution is -2.31. The van der Waals surface area contributed by atoms with Gasteiger partial charge in [0.1, 0.15) is 5.52 Å². The number of fused-ring (bicyclic) bond motifs is 1. The second-order valence-electron chi connectivity index (χ2n) is 7.69. The first-order valence-corrected chi connectivity index (χ1v) is 11.0. The van der Waals surface area contributed by atoms with E-state index >= 15 is 0 Å². The zero-order chi connectivity index (χ0) is 23.2. The Bertz CT molecular complexity index is 1150. The summed E-state index contributed by atoms with van der Waals surface area (Å²) >= 11 is 0. The highest BCUT2D eigenvalue weighted by Gasteiger charge is 2.20. The summed E-state index contributed by atoms with van der Waals surface area (Å²) in [6.45, 7) is 4.40. The van der Waals surface area contributed by atoms with E-state index in [4.69, 9.17) is 4.74 Å². The van der Waals surface area contributed by atoms with Crippen LogP contribution in [0, 0.1) is 0 Å². The van der Waals surface area contributed by atoms with Crippen molar-refractivity contribution < 1.29 is 19.1 Å². The molecule has 1 aromatic heterocycles. The van der Waals surface area contributed by atoms with E-state index in [1.54, 1.807) is 48.0 Å². The molecule has 1 saturated heterocycles. The van der Waals surface area contributed by atoms with Crippen LogP contribution in [0.15, 0.2) is 42.5 Å². The Labute approximate surface area is 190 Å². The van der Waals surface area contributed by atoms with Gasteiger partial charge in [-0.05, 0) is 62.2 Å². The van der Waals surface area contributed by atoms with E-state index in [1.807, 2.05) is 11.0 Å². The first-order chi connectivity index (χ1) is 16.0. The Morgan fingerprint density at radius 2 is 1.76 bits per heavy atom. The van der Waals surface area contributed by atoms with E-state index in [2.05, 4.69) is 20.9 Å². The van der Waals surface area contributed by atoms with Crippen LogP contribution in [0.25, 0.3) is 11.0 Å². The predicted octanol–water partition coefficient (Wildman–Crippen LogP) is 2.67. The topological polar surface area (TPSA) is 118 Å². The number of hydrogen-bond donors (Lipinski definition) is 2. The zero-order valence-electron chi connectivity index (χ0n) is 18.4. The minimum Gasteiger partial charge on any atom is -0.462 e. The molecule has 0 saturated carbocycles. The highest BCUT2D eigenvalue weighted by atomic mass is 16.5. The normalized spacial score (nSPS) is 13.2. The number of aromatic nitrogens is 3. The molecule has 0 unspecified atom stereocenters. The lowest BCUT2D eigenvalue weighted by atomic mass is 10.1. The van der Waals surface area contributed by atoms with Crippen molar-refractivity contribution in [3.8, 4) is 0 Å². The number of esters is 1. The van der Waals surface area contributed by atoms with Crippen LogP contribution in [0.2, 0.25) is 0 Å². The summed E-state index contributed by atoms with van der Waals surface area (Å²) < 4.78 is 6.63. The molecule has 0 spiro atoms. The third kappa shape index (κ3) is 5.28. The van der Waals surface area contributed by atoms with Crippen LogP contribution in [-0.2, 0) is 11.3 Å². The summed E-state index contributed by atoms with van der Waals surface area (Å²) in [6.07, 6.45) is 2.09. The molecule has 2 N–H and O–H groups in total. The van der Waals surface area contributed by atoms with Gasteiger partial charge in [-0.25, -0.2) is 14.3 Å². The van der Waals surface area contributed by atoms with Crippen molar-refractivity contribution in [3.05, 3.63) is 53.6 Å². The van der Waals surface area contributed by atoms with Gasteiger partial charge in [-0.2, -0.15) is 0 Å². The van der Waals surface area contributed by atoms with Crippen molar-refractivity contribution in [2.24, 2.45) is 0 Å². The monoisotopic (exact) mass is 450 g/mol. The fourth-order valence-electron chi connectivity index (χ4n) is 3.73. The van der Waals surface area contributed by atoms with Crippen molar-refractivity contribution in [2.45, 2.75) is 26.3 Å². The molecule has 1 aliphatic heterocycles. The maximum atomic E-state index is 12.6. The Morgan fingerprint density at radius 3 is 2.48 bits per heavy atom. The minimum atomic E-state index is -0.402. The molecule has 0 atom stereocenters. The van der Waals surface area contributed by atoms with Crippen LogP contribution < -0.4 is 10.6 Å². The van der Waals surface area contributed by atoms with Crippen LogP contribution >= 0.6 is 0 Å². The first-order valence-electron chi connectivity index (χ1n) is 11.0. The van der Waals surface area contributed by atoms with E-state index in [0.29, 0.717) is 42.0 Å². The second kappa shape index (κ2) is 10.1. The number of likely N-dealkylation sites (tertiary alicyclic amines) is 1. The number of anilines is 1. The van der Waals surface area contributed by atoms with Gasteiger partial charge in [0.25, 0.3) is 5.91 Å². The molecule has 3 aromatic rings. The van der Waals surface area contributed by atoms with E-state index in [-0.39, 0.29) is 11.9 Å². The van der Waals surface area contributed by atoms with Gasteiger partial charge in [-0.1, -0.05) is 5.21 Å². The average Bonchev–Trinajstić information content (AvgIpc) is 3.49. The second-order valence-corrected chi connectivity index (χ2v) is 7.69. The molecule has 0 aliphatic carbocycles. The number of amides is 3. The quantitative estimate of drug-likeness (QED) is 0.534. The SMILES string of the molecule is CCOC(=O)c1ccc(NC(=O)NCCn2nnc3cc(C(=O)N4CCCC4)ccc32)cc1. The van der Waals surface area contributed by atoms with E-state index in [0.717, 1.165) is 31.4 Å². The smallest absolute Gasteiger partial charge is 0.338 e. The van der Waals surface area contributed by atoms with Crippen molar-refractivity contribution in [1.29, 1.82) is 0 Å². The predicted molar refractivity (Wildman–Crippen MR) is 122 cm³/mol. The Balaban J connectivity index is 1.29. The molecule has 4 rings (SSSR count). The summed E-state index contributed by atoms with van der Waals surface area (Å²) in [5.41, 5.74) is 3.03. The third-order valence-electron chi connectivity index (χ3n) is 5.42. The van der Waals surface area contributed by atoms with E-state index < -0.39 is 5.97 Å². The highest BCUT2D eigenvalue weighted by molar-refractivity contribution is 5.97. The van der Waals surface area contributed by atoms with Gasteiger partial charge >= 0.3 is 12.0 Å². The third-order valence-corrected chi connectivity index (χ3v) is 5.42. The zero-order valence-corrected chi connectivity index (χ0v) is 18.4. The molecule has 172 valence electrons. The fourth-order valence-corrected chi connectivity index (χ4v) is 3.73. The van der Waals surface area contributed by atoms with Crippen LogP contribution in [0.1, 0.15) is 40.5 Å². The fraction of sp³-hybridized carbons (Fsp3) is 0.348. The van der Waals surface area contributed by atoms with Crippen LogP contribution in [0.5, 0.6) is 0 Å². The van der Waals surface area contributed by atoms with Crippen LogP contribution in [0.4, 0.5) is 10.5 Å². The molecule has 3 amide bonds. The number of benzene rings is 2. The average molecular weight is 450 g/mol. The first kappa shape index (κ1) is 22.3. The van der Waals surface area contributed by atoms with Crippen LogP contribution in [0.3, 0.4) is 0 Å². The molecule has 1 fully saturated rings. The molecule has 10 nitrogen and oxygen atoms in total. The molecular weight excluding hydrogens is 424 g/mol. The van der Waals surface area contributed by atoms with Gasteiger partial charge in [0, 0.05) is 30.9 Å². The Hall–Kier alpha value is -3.95. The molecule has 1 aliphatic rings. The van der Waals surface area contributed by atoms with Gasteiger partial charge in [0.2, 0.25) is 0 Å². The minimum absolute atomic E-state index is 0.0255. The van der Waals surface area contributed by atoms with Gasteiger partial charge in [0.15, 0.2) is 0 Å². The summed E-state index contributed by atoms with van der Waals surface area (Å²) in [5.74, 6) is -0.376. The van der Waals surface area contributed by atoms with Crippen molar-refractivity contribution in [3.63, 3.8) is 0 Å².